The number of ether oxygens (including phenoxy) is 3. The number of halogens is 2. The number of H-pyrrole nitrogens is 1. The maximum Gasteiger partial charge on any atom is 0.274 e. The van der Waals surface area contributed by atoms with Crippen LogP contribution >= 0.6 is 31.9 Å². The Morgan fingerprint density at radius 2 is 1.46 bits per heavy atom. The monoisotopic (exact) mass is 608 g/mol. The predicted octanol–water partition coefficient (Wildman–Crippen LogP) is 4.07. The van der Waals surface area contributed by atoms with Gasteiger partial charge in [0.05, 0.1) is 19.5 Å². The highest BCUT2D eigenvalue weighted by Crippen LogP contribution is 2.30. The fraction of sp³-hybridized carbons (Fsp3) is 0.478. The number of aromatic amines is 1. The summed E-state index contributed by atoms with van der Waals surface area (Å²) in [6.45, 7) is 3.15. The van der Waals surface area contributed by atoms with Crippen LogP contribution in [0, 0.1) is 0 Å². The molecule has 0 radical (unpaired) electrons. The molecule has 0 atom stereocenters. The minimum absolute atomic E-state index is 0.120. The third kappa shape index (κ3) is 5.16. The maximum atomic E-state index is 11.7. The number of nitrogens with one attached hydrogen (secondary N) is 1. The zero-order valence-electron chi connectivity index (χ0n) is 19.2. The van der Waals surface area contributed by atoms with Gasteiger partial charge in [-0.3, -0.25) is 13.6 Å². The van der Waals surface area contributed by atoms with Crippen molar-refractivity contribution in [1.82, 2.24) is 28.7 Å². The van der Waals surface area contributed by atoms with E-state index in [4.69, 9.17) is 14.2 Å². The first-order valence-electron chi connectivity index (χ1n) is 11.5. The summed E-state index contributed by atoms with van der Waals surface area (Å²) in [5.74, 6) is 3.43. The second-order valence-electron chi connectivity index (χ2n) is 8.52. The second kappa shape index (κ2) is 10.8. The number of hydrogen-bond donors (Lipinski definition) is 1. The Hall–Kier alpha value is -2.28. The number of rotatable bonds is 3. The highest BCUT2D eigenvalue weighted by Gasteiger charge is 2.22. The van der Waals surface area contributed by atoms with Gasteiger partial charge in [-0.05, 0) is 57.5 Å². The number of methoxy groups -OCH3 is 1. The molecule has 0 unspecified atom stereocenters. The van der Waals surface area contributed by atoms with Crippen LogP contribution in [0.2, 0.25) is 0 Å². The molecule has 0 spiro atoms. The van der Waals surface area contributed by atoms with E-state index in [9.17, 15) is 4.79 Å². The maximum absolute atomic E-state index is 11.7. The van der Waals surface area contributed by atoms with Crippen LogP contribution < -0.4 is 10.3 Å². The first-order valence-corrected chi connectivity index (χ1v) is 13.1. The minimum atomic E-state index is -0.120. The number of nitrogens with zero attached hydrogens (tertiary/aromatic N) is 5. The van der Waals surface area contributed by atoms with E-state index in [-0.39, 0.29) is 5.56 Å². The highest BCUT2D eigenvalue weighted by molar-refractivity contribution is 9.10. The molecule has 2 aliphatic rings. The van der Waals surface area contributed by atoms with Crippen LogP contribution in [0.15, 0.2) is 38.8 Å². The molecule has 12 heteroatoms. The molecule has 6 rings (SSSR count). The Morgan fingerprint density at radius 1 is 0.914 bits per heavy atom. The second-order valence-corrected chi connectivity index (χ2v) is 10.2. The third-order valence-corrected chi connectivity index (χ3v) is 7.17. The molecule has 2 aliphatic heterocycles. The van der Waals surface area contributed by atoms with Gasteiger partial charge in [-0.15, -0.1) is 0 Å². The van der Waals surface area contributed by atoms with E-state index in [0.29, 0.717) is 27.8 Å². The molecular formula is C23H26Br2N6O4. The number of hydrogen-bond acceptors (Lipinski definition) is 7. The van der Waals surface area contributed by atoms with Crippen molar-refractivity contribution < 1.29 is 14.2 Å². The average Bonchev–Trinajstić information content (AvgIpc) is 3.49. The lowest BCUT2D eigenvalue weighted by Gasteiger charge is -2.21. The average molecular weight is 610 g/mol. The van der Waals surface area contributed by atoms with Gasteiger partial charge in [0.15, 0.2) is 0 Å². The van der Waals surface area contributed by atoms with E-state index in [1.165, 1.54) is 0 Å². The van der Waals surface area contributed by atoms with Crippen molar-refractivity contribution in [2.45, 2.75) is 37.5 Å². The van der Waals surface area contributed by atoms with Crippen molar-refractivity contribution in [1.29, 1.82) is 0 Å². The van der Waals surface area contributed by atoms with Crippen molar-refractivity contribution in [2.24, 2.45) is 0 Å². The number of imidazole rings is 2. The Bertz CT molecular complexity index is 1370. The molecule has 10 nitrogen and oxygen atoms in total. The van der Waals surface area contributed by atoms with E-state index < -0.39 is 0 Å². The van der Waals surface area contributed by atoms with Crippen molar-refractivity contribution in [3.05, 3.63) is 56.0 Å². The van der Waals surface area contributed by atoms with Gasteiger partial charge in [-0.2, -0.15) is 0 Å². The Morgan fingerprint density at radius 3 is 2.03 bits per heavy atom. The van der Waals surface area contributed by atoms with Crippen LogP contribution in [-0.2, 0) is 9.47 Å². The quantitative estimate of drug-likeness (QED) is 0.373. The molecule has 0 aliphatic carbocycles. The molecule has 6 heterocycles. The van der Waals surface area contributed by atoms with Gasteiger partial charge < -0.3 is 19.2 Å². The lowest BCUT2D eigenvalue weighted by atomic mass is 10.00. The lowest BCUT2D eigenvalue weighted by molar-refractivity contribution is 0.0834. The van der Waals surface area contributed by atoms with Gasteiger partial charge in [0.1, 0.15) is 31.9 Å². The molecule has 2 fully saturated rings. The Labute approximate surface area is 218 Å². The molecule has 0 bridgehead atoms. The predicted molar refractivity (Wildman–Crippen MR) is 136 cm³/mol. The summed E-state index contributed by atoms with van der Waals surface area (Å²) in [5.41, 5.74) is 1.38. The fourth-order valence-corrected chi connectivity index (χ4v) is 5.37. The van der Waals surface area contributed by atoms with E-state index in [0.717, 1.165) is 73.9 Å². The molecular weight excluding hydrogens is 584 g/mol. The van der Waals surface area contributed by atoms with Crippen LogP contribution in [0.4, 0.5) is 0 Å². The molecule has 2 saturated heterocycles. The van der Waals surface area contributed by atoms with E-state index >= 15 is 0 Å². The normalized spacial score (nSPS) is 17.5. The smallest absolute Gasteiger partial charge is 0.274 e. The van der Waals surface area contributed by atoms with Gasteiger partial charge >= 0.3 is 0 Å². The molecule has 186 valence electrons. The van der Waals surface area contributed by atoms with Gasteiger partial charge in [-0.1, -0.05) is 0 Å². The van der Waals surface area contributed by atoms with E-state index in [2.05, 4.69) is 56.2 Å². The van der Waals surface area contributed by atoms with Crippen molar-refractivity contribution in [3.63, 3.8) is 0 Å². The lowest BCUT2D eigenvalue weighted by Crippen LogP contribution is -2.17. The van der Waals surface area contributed by atoms with E-state index in [1.54, 1.807) is 13.3 Å². The number of aromatic nitrogens is 6. The zero-order chi connectivity index (χ0) is 24.4. The topological polar surface area (TPSA) is 108 Å². The van der Waals surface area contributed by atoms with Crippen molar-refractivity contribution in [3.8, 4) is 5.88 Å². The van der Waals surface area contributed by atoms with Gasteiger partial charge in [0.25, 0.3) is 5.56 Å². The molecule has 0 saturated carbocycles. The fourth-order valence-electron chi connectivity index (χ4n) is 4.62. The standard InChI is InChI=1S/C12H14BrN3O2.C11H12BrN3O2/c1-17-12-9-6-14-11(8-2-4-18-5-3-8)16(9)7-10(13)15-12;12-9-6-15-8(11(16)14-9)5-13-10(15)7-1-3-17-4-2-7/h6-8H,2-5H2,1H3;5-7H,1-4H2,(H,14,16). The first kappa shape index (κ1) is 24.4. The summed E-state index contributed by atoms with van der Waals surface area (Å²) in [6.07, 6.45) is 11.2. The molecule has 1 N–H and O–H groups in total. The van der Waals surface area contributed by atoms with Crippen LogP contribution in [0.5, 0.6) is 5.88 Å². The summed E-state index contributed by atoms with van der Waals surface area (Å²) in [7, 11) is 1.62. The van der Waals surface area contributed by atoms with Crippen molar-refractivity contribution in [2.75, 3.05) is 33.5 Å². The van der Waals surface area contributed by atoms with Gasteiger partial charge in [-0.25, -0.2) is 15.0 Å². The zero-order valence-corrected chi connectivity index (χ0v) is 22.4. The summed E-state index contributed by atoms with van der Waals surface area (Å²) in [4.78, 5) is 27.6. The van der Waals surface area contributed by atoms with Gasteiger partial charge in [0, 0.05) is 50.7 Å². The Kier molecular flexibility index (Phi) is 7.51. The highest BCUT2D eigenvalue weighted by atomic mass is 79.9. The summed E-state index contributed by atoms with van der Waals surface area (Å²) in [6, 6.07) is 0. The van der Waals surface area contributed by atoms with Crippen molar-refractivity contribution >= 4 is 42.9 Å². The molecule has 0 amide bonds. The Balaban J connectivity index is 0.000000145. The largest absolute Gasteiger partial charge is 0.479 e. The molecule has 35 heavy (non-hydrogen) atoms. The van der Waals surface area contributed by atoms with Crippen LogP contribution in [-0.4, -0.2) is 62.3 Å². The SMILES string of the molecule is COc1nc(Br)cn2c(C3CCOCC3)ncc12.O=c1[nH]c(Br)cn2c(C3CCOCC3)ncc12. The van der Waals surface area contributed by atoms with Crippen LogP contribution in [0.1, 0.15) is 49.2 Å². The molecule has 4 aromatic heterocycles. The van der Waals surface area contributed by atoms with Gasteiger partial charge in [0.2, 0.25) is 5.88 Å². The third-order valence-electron chi connectivity index (χ3n) is 6.39. The summed E-state index contributed by atoms with van der Waals surface area (Å²) < 4.78 is 21.4. The van der Waals surface area contributed by atoms with Crippen LogP contribution in [0.25, 0.3) is 11.0 Å². The summed E-state index contributed by atoms with van der Waals surface area (Å²) >= 11 is 6.70. The van der Waals surface area contributed by atoms with E-state index in [1.807, 2.05) is 23.0 Å². The number of fused-ring (bicyclic) bond motifs is 2. The minimum Gasteiger partial charge on any atom is -0.479 e. The first-order chi connectivity index (χ1) is 17.0. The summed E-state index contributed by atoms with van der Waals surface area (Å²) in [5, 5.41) is 0. The van der Waals surface area contributed by atoms with Crippen LogP contribution in [0.3, 0.4) is 0 Å². The molecule has 4 aromatic rings. The molecule has 0 aromatic carbocycles.